The third kappa shape index (κ3) is 2.56. The molecule has 17 heavy (non-hydrogen) atoms. The number of nitrogens with zero attached hydrogens (tertiary/aromatic N) is 4. The molecule has 0 aliphatic carbocycles. The second-order valence-electron chi connectivity index (χ2n) is 3.76. The van der Waals surface area contributed by atoms with Gasteiger partial charge in [0, 0.05) is 24.6 Å². The molecule has 5 N–H and O–H groups in total. The Hall–Kier alpha value is -2.02. The third-order valence-corrected chi connectivity index (χ3v) is 2.46. The quantitative estimate of drug-likeness (QED) is 0.659. The van der Waals surface area contributed by atoms with E-state index < -0.39 is 0 Å². The SMILES string of the molecule is Cc1ncc(Cc2n[nH]nc2CCN)c(N)n1. The molecule has 2 aromatic heterocycles. The minimum Gasteiger partial charge on any atom is -0.383 e. The largest absolute Gasteiger partial charge is 0.383 e. The smallest absolute Gasteiger partial charge is 0.130 e. The molecule has 7 heteroatoms. The van der Waals surface area contributed by atoms with Crippen molar-refractivity contribution in [1.29, 1.82) is 0 Å². The fourth-order valence-corrected chi connectivity index (χ4v) is 1.58. The monoisotopic (exact) mass is 233 g/mol. The Morgan fingerprint density at radius 3 is 2.76 bits per heavy atom. The number of aromatic amines is 1. The van der Waals surface area contributed by atoms with Crippen LogP contribution in [0.4, 0.5) is 5.82 Å². The van der Waals surface area contributed by atoms with Gasteiger partial charge in [-0.3, -0.25) is 0 Å². The number of nitrogens with one attached hydrogen (secondary N) is 1. The third-order valence-electron chi connectivity index (χ3n) is 2.46. The first-order valence-corrected chi connectivity index (χ1v) is 5.37. The Kier molecular flexibility index (Phi) is 3.29. The van der Waals surface area contributed by atoms with Crippen LogP contribution in [0.3, 0.4) is 0 Å². The van der Waals surface area contributed by atoms with Gasteiger partial charge in [0.15, 0.2) is 0 Å². The van der Waals surface area contributed by atoms with Crippen LogP contribution < -0.4 is 11.5 Å². The van der Waals surface area contributed by atoms with Gasteiger partial charge in [0.05, 0.1) is 11.4 Å². The van der Waals surface area contributed by atoms with Crippen molar-refractivity contribution in [3.05, 3.63) is 29.0 Å². The first-order chi connectivity index (χ1) is 8.20. The summed E-state index contributed by atoms with van der Waals surface area (Å²) >= 11 is 0. The number of hydrogen-bond acceptors (Lipinski definition) is 6. The summed E-state index contributed by atoms with van der Waals surface area (Å²) in [6.07, 6.45) is 2.98. The average Bonchev–Trinajstić information content (AvgIpc) is 2.71. The molecule has 0 aliphatic heterocycles. The number of nitrogens with two attached hydrogens (primary N) is 2. The Balaban J connectivity index is 2.22. The molecule has 0 spiro atoms. The summed E-state index contributed by atoms with van der Waals surface area (Å²) in [7, 11) is 0. The van der Waals surface area contributed by atoms with Crippen LogP contribution in [0.25, 0.3) is 0 Å². The molecular formula is C10H15N7. The highest BCUT2D eigenvalue weighted by Crippen LogP contribution is 2.14. The highest BCUT2D eigenvalue weighted by molar-refractivity contribution is 5.40. The van der Waals surface area contributed by atoms with E-state index in [1.807, 2.05) is 0 Å². The lowest BCUT2D eigenvalue weighted by Gasteiger charge is -2.04. The fourth-order valence-electron chi connectivity index (χ4n) is 1.58. The predicted molar refractivity (Wildman–Crippen MR) is 63.1 cm³/mol. The molecule has 0 saturated heterocycles. The maximum absolute atomic E-state index is 5.83. The minimum atomic E-state index is 0.485. The Labute approximate surface area is 98.7 Å². The molecule has 0 amide bonds. The maximum Gasteiger partial charge on any atom is 0.130 e. The van der Waals surface area contributed by atoms with Gasteiger partial charge in [0.2, 0.25) is 0 Å². The number of aryl methyl sites for hydroxylation is 1. The van der Waals surface area contributed by atoms with Crippen LogP contribution in [-0.4, -0.2) is 31.9 Å². The van der Waals surface area contributed by atoms with Gasteiger partial charge in [-0.15, -0.1) is 0 Å². The molecule has 2 rings (SSSR count). The van der Waals surface area contributed by atoms with E-state index in [0.29, 0.717) is 31.0 Å². The van der Waals surface area contributed by atoms with Gasteiger partial charge in [0.1, 0.15) is 11.6 Å². The summed E-state index contributed by atoms with van der Waals surface area (Å²) in [6, 6.07) is 0. The topological polar surface area (TPSA) is 119 Å². The lowest BCUT2D eigenvalue weighted by molar-refractivity contribution is 0.877. The molecule has 0 atom stereocenters. The zero-order valence-electron chi connectivity index (χ0n) is 9.64. The molecule has 90 valence electrons. The molecular weight excluding hydrogens is 218 g/mol. The first kappa shape index (κ1) is 11.5. The van der Waals surface area contributed by atoms with Crippen LogP contribution >= 0.6 is 0 Å². The van der Waals surface area contributed by atoms with E-state index in [4.69, 9.17) is 11.5 Å². The number of rotatable bonds is 4. The summed E-state index contributed by atoms with van der Waals surface area (Å²) in [6.45, 7) is 2.34. The summed E-state index contributed by atoms with van der Waals surface area (Å²) in [5, 5.41) is 10.7. The lowest BCUT2D eigenvalue weighted by Crippen LogP contribution is -2.07. The van der Waals surface area contributed by atoms with Crippen LogP contribution in [0.5, 0.6) is 0 Å². The molecule has 0 fully saturated rings. The molecule has 0 saturated carbocycles. The number of nitrogen functional groups attached to an aromatic ring is 1. The van der Waals surface area contributed by atoms with Crippen molar-refractivity contribution in [3.8, 4) is 0 Å². The van der Waals surface area contributed by atoms with Crippen molar-refractivity contribution >= 4 is 5.82 Å². The van der Waals surface area contributed by atoms with E-state index in [1.165, 1.54) is 0 Å². The summed E-state index contributed by atoms with van der Waals surface area (Å²) in [5.41, 5.74) is 13.9. The van der Waals surface area contributed by atoms with E-state index in [9.17, 15) is 0 Å². The van der Waals surface area contributed by atoms with Crippen molar-refractivity contribution in [2.45, 2.75) is 19.8 Å². The van der Waals surface area contributed by atoms with Crippen molar-refractivity contribution in [2.24, 2.45) is 5.73 Å². The second kappa shape index (κ2) is 4.88. The highest BCUT2D eigenvalue weighted by atomic mass is 15.3. The normalized spacial score (nSPS) is 10.7. The van der Waals surface area contributed by atoms with E-state index in [-0.39, 0.29) is 0 Å². The summed E-state index contributed by atoms with van der Waals surface area (Å²) in [4.78, 5) is 8.24. The van der Waals surface area contributed by atoms with E-state index in [2.05, 4.69) is 25.4 Å². The van der Waals surface area contributed by atoms with Crippen LogP contribution in [0.15, 0.2) is 6.20 Å². The second-order valence-corrected chi connectivity index (χ2v) is 3.76. The van der Waals surface area contributed by atoms with Crippen molar-refractivity contribution in [1.82, 2.24) is 25.4 Å². The van der Waals surface area contributed by atoms with Gasteiger partial charge in [-0.1, -0.05) is 0 Å². The van der Waals surface area contributed by atoms with E-state index >= 15 is 0 Å². The summed E-state index contributed by atoms with van der Waals surface area (Å²) in [5.74, 6) is 1.15. The van der Waals surface area contributed by atoms with Crippen LogP contribution in [0, 0.1) is 6.92 Å². The number of H-pyrrole nitrogens is 1. The molecule has 2 aromatic rings. The summed E-state index contributed by atoms with van der Waals surface area (Å²) < 4.78 is 0. The van der Waals surface area contributed by atoms with Gasteiger partial charge < -0.3 is 11.5 Å². The first-order valence-electron chi connectivity index (χ1n) is 5.37. The van der Waals surface area contributed by atoms with E-state index in [0.717, 1.165) is 17.0 Å². The zero-order chi connectivity index (χ0) is 12.3. The zero-order valence-corrected chi connectivity index (χ0v) is 9.64. The highest BCUT2D eigenvalue weighted by Gasteiger charge is 2.10. The van der Waals surface area contributed by atoms with Crippen LogP contribution in [0.2, 0.25) is 0 Å². The maximum atomic E-state index is 5.83. The van der Waals surface area contributed by atoms with Crippen molar-refractivity contribution in [2.75, 3.05) is 12.3 Å². The Bertz CT molecular complexity index is 505. The Morgan fingerprint density at radius 2 is 2.06 bits per heavy atom. The Morgan fingerprint density at radius 1 is 1.29 bits per heavy atom. The number of aromatic nitrogens is 5. The van der Waals surface area contributed by atoms with Gasteiger partial charge in [-0.25, -0.2) is 9.97 Å². The molecule has 0 unspecified atom stereocenters. The molecule has 2 heterocycles. The van der Waals surface area contributed by atoms with Gasteiger partial charge in [-0.2, -0.15) is 15.4 Å². The fraction of sp³-hybridized carbons (Fsp3) is 0.400. The van der Waals surface area contributed by atoms with Gasteiger partial charge in [0.25, 0.3) is 0 Å². The molecule has 0 aliphatic rings. The van der Waals surface area contributed by atoms with Crippen LogP contribution in [0.1, 0.15) is 22.8 Å². The van der Waals surface area contributed by atoms with Crippen LogP contribution in [-0.2, 0) is 12.8 Å². The van der Waals surface area contributed by atoms with Crippen molar-refractivity contribution in [3.63, 3.8) is 0 Å². The van der Waals surface area contributed by atoms with Crippen molar-refractivity contribution < 1.29 is 0 Å². The van der Waals surface area contributed by atoms with E-state index in [1.54, 1.807) is 13.1 Å². The standard InChI is InChI=1S/C10H15N7/c1-6-13-5-7(10(12)14-6)4-9-8(2-3-11)15-17-16-9/h5H,2-4,11H2,1H3,(H2,12,13,14)(H,15,16,17). The lowest BCUT2D eigenvalue weighted by atomic mass is 10.1. The minimum absolute atomic E-state index is 0.485. The average molecular weight is 233 g/mol. The molecule has 0 aromatic carbocycles. The van der Waals surface area contributed by atoms with Gasteiger partial charge in [-0.05, 0) is 13.5 Å². The molecule has 7 nitrogen and oxygen atoms in total. The van der Waals surface area contributed by atoms with Gasteiger partial charge >= 0.3 is 0 Å². The number of anilines is 1. The predicted octanol–water partition coefficient (Wildman–Crippen LogP) is -0.423. The molecule has 0 radical (unpaired) electrons. The number of hydrogen-bond donors (Lipinski definition) is 3. The molecule has 0 bridgehead atoms.